The quantitative estimate of drug-likeness (QED) is 0.920. The van der Waals surface area contributed by atoms with E-state index in [2.05, 4.69) is 15.3 Å². The Balaban J connectivity index is 1.89. The number of carbonyl (C=O) groups excluding carboxylic acids is 1. The number of amides is 1. The van der Waals surface area contributed by atoms with Crippen molar-refractivity contribution in [3.8, 4) is 6.07 Å². The zero-order chi connectivity index (χ0) is 16.9. The zero-order valence-corrected chi connectivity index (χ0v) is 13.9. The molecule has 1 atom stereocenters. The minimum absolute atomic E-state index is 0.264. The second-order valence-electron chi connectivity index (χ2n) is 6.68. The lowest BCUT2D eigenvalue weighted by Crippen LogP contribution is -2.44. The fraction of sp³-hybridized carbons (Fsp3) is 0.625. The lowest BCUT2D eigenvalue weighted by molar-refractivity contribution is 0.0172. The van der Waals surface area contributed by atoms with Crippen molar-refractivity contribution in [2.45, 2.75) is 39.2 Å². The second kappa shape index (κ2) is 7.27. The van der Waals surface area contributed by atoms with Gasteiger partial charge in [-0.15, -0.1) is 0 Å². The molecular formula is C16H23N5O2. The van der Waals surface area contributed by atoms with Gasteiger partial charge in [-0.2, -0.15) is 5.26 Å². The molecule has 1 aliphatic rings. The highest BCUT2D eigenvalue weighted by Gasteiger charge is 2.27. The van der Waals surface area contributed by atoms with Gasteiger partial charge >= 0.3 is 6.09 Å². The SMILES string of the molecule is CC(C)(C)OC(=O)N1CCCC(CNc2nccnc2C#N)C1. The van der Waals surface area contributed by atoms with Crippen LogP contribution < -0.4 is 5.32 Å². The smallest absolute Gasteiger partial charge is 0.410 e. The number of likely N-dealkylation sites (tertiary alicyclic amines) is 1. The highest BCUT2D eigenvalue weighted by Crippen LogP contribution is 2.20. The third-order valence-electron chi connectivity index (χ3n) is 3.53. The number of carbonyl (C=O) groups is 1. The molecule has 0 bridgehead atoms. The summed E-state index contributed by atoms with van der Waals surface area (Å²) in [6.07, 6.45) is 4.75. The molecule has 1 unspecified atom stereocenters. The fourth-order valence-electron chi connectivity index (χ4n) is 2.51. The lowest BCUT2D eigenvalue weighted by Gasteiger charge is -2.34. The van der Waals surface area contributed by atoms with E-state index in [1.165, 1.54) is 6.20 Å². The van der Waals surface area contributed by atoms with Gasteiger partial charge in [-0.05, 0) is 39.5 Å². The Kier molecular flexibility index (Phi) is 5.37. The van der Waals surface area contributed by atoms with Gasteiger partial charge in [0, 0.05) is 32.0 Å². The molecule has 1 amide bonds. The number of nitriles is 1. The first-order valence-electron chi connectivity index (χ1n) is 7.82. The van der Waals surface area contributed by atoms with Crippen molar-refractivity contribution in [2.24, 2.45) is 5.92 Å². The van der Waals surface area contributed by atoms with Gasteiger partial charge in [0.15, 0.2) is 11.5 Å². The van der Waals surface area contributed by atoms with E-state index in [9.17, 15) is 4.79 Å². The predicted molar refractivity (Wildman–Crippen MR) is 85.8 cm³/mol. The highest BCUT2D eigenvalue weighted by atomic mass is 16.6. The van der Waals surface area contributed by atoms with E-state index in [1.54, 1.807) is 11.1 Å². The Hall–Kier alpha value is -2.36. The Labute approximate surface area is 136 Å². The summed E-state index contributed by atoms with van der Waals surface area (Å²) in [5.41, 5.74) is -0.198. The van der Waals surface area contributed by atoms with Crippen LogP contribution in [0.25, 0.3) is 0 Å². The van der Waals surface area contributed by atoms with Crippen LogP contribution in [-0.4, -0.2) is 46.2 Å². The van der Waals surface area contributed by atoms with Gasteiger partial charge in [0.25, 0.3) is 0 Å². The molecular weight excluding hydrogens is 294 g/mol. The maximum atomic E-state index is 12.2. The van der Waals surface area contributed by atoms with Gasteiger partial charge in [-0.1, -0.05) is 0 Å². The number of anilines is 1. The van der Waals surface area contributed by atoms with E-state index < -0.39 is 5.60 Å². The average molecular weight is 317 g/mol. The van der Waals surface area contributed by atoms with Crippen LogP contribution in [0.5, 0.6) is 0 Å². The third kappa shape index (κ3) is 5.09. The number of hydrogen-bond donors (Lipinski definition) is 1. The molecule has 23 heavy (non-hydrogen) atoms. The molecule has 124 valence electrons. The monoisotopic (exact) mass is 317 g/mol. The van der Waals surface area contributed by atoms with Crippen molar-refractivity contribution in [3.63, 3.8) is 0 Å². The van der Waals surface area contributed by atoms with Crippen molar-refractivity contribution in [1.29, 1.82) is 5.26 Å². The molecule has 0 aromatic carbocycles. The number of nitrogens with one attached hydrogen (secondary N) is 1. The summed E-state index contributed by atoms with van der Waals surface area (Å²) in [7, 11) is 0. The first-order chi connectivity index (χ1) is 10.9. The molecule has 0 saturated carbocycles. The minimum Gasteiger partial charge on any atom is -0.444 e. The molecule has 1 saturated heterocycles. The minimum atomic E-state index is -0.483. The van der Waals surface area contributed by atoms with Gasteiger partial charge in [0.2, 0.25) is 0 Å². The number of hydrogen-bond acceptors (Lipinski definition) is 6. The molecule has 0 radical (unpaired) electrons. The van der Waals surface area contributed by atoms with Crippen LogP contribution in [0.15, 0.2) is 12.4 Å². The number of nitrogens with zero attached hydrogens (tertiary/aromatic N) is 4. The normalized spacial score (nSPS) is 18.2. The van der Waals surface area contributed by atoms with Crippen LogP contribution in [-0.2, 0) is 4.74 Å². The van der Waals surface area contributed by atoms with Crippen LogP contribution in [0.3, 0.4) is 0 Å². The zero-order valence-electron chi connectivity index (χ0n) is 13.9. The van der Waals surface area contributed by atoms with Crippen LogP contribution in [0.4, 0.5) is 10.6 Å². The van der Waals surface area contributed by atoms with Gasteiger partial charge in [0.1, 0.15) is 11.7 Å². The highest BCUT2D eigenvalue weighted by molar-refractivity contribution is 5.68. The number of aromatic nitrogens is 2. The Morgan fingerprint density at radius 1 is 1.48 bits per heavy atom. The van der Waals surface area contributed by atoms with Crippen LogP contribution in [0, 0.1) is 17.2 Å². The molecule has 0 aliphatic carbocycles. The van der Waals surface area contributed by atoms with E-state index in [0.29, 0.717) is 24.8 Å². The van der Waals surface area contributed by atoms with Gasteiger partial charge < -0.3 is 15.0 Å². The predicted octanol–water partition coefficient (Wildman–Crippen LogP) is 2.41. The molecule has 1 N–H and O–H groups in total. The Morgan fingerprint density at radius 2 is 2.22 bits per heavy atom. The van der Waals surface area contributed by atoms with Gasteiger partial charge in [0.05, 0.1) is 0 Å². The van der Waals surface area contributed by atoms with Gasteiger partial charge in [-0.3, -0.25) is 0 Å². The first kappa shape index (κ1) is 17.0. The van der Waals surface area contributed by atoms with Crippen LogP contribution >= 0.6 is 0 Å². The van der Waals surface area contributed by atoms with Crippen molar-refractivity contribution in [2.75, 3.05) is 25.0 Å². The summed E-state index contributed by atoms with van der Waals surface area (Å²) < 4.78 is 5.43. The lowest BCUT2D eigenvalue weighted by atomic mass is 9.98. The topological polar surface area (TPSA) is 91.1 Å². The van der Waals surface area contributed by atoms with Crippen molar-refractivity contribution >= 4 is 11.9 Å². The Bertz CT molecular complexity index is 591. The Morgan fingerprint density at radius 3 is 2.91 bits per heavy atom. The summed E-state index contributed by atoms with van der Waals surface area (Å²) in [6, 6.07) is 2.02. The molecule has 1 fully saturated rings. The summed E-state index contributed by atoms with van der Waals surface area (Å²) in [5, 5.41) is 12.2. The summed E-state index contributed by atoms with van der Waals surface area (Å²) in [5.74, 6) is 0.786. The summed E-state index contributed by atoms with van der Waals surface area (Å²) in [6.45, 7) is 7.61. The van der Waals surface area contributed by atoms with E-state index >= 15 is 0 Å². The standard InChI is InChI=1S/C16H23N5O2/c1-16(2,3)23-15(22)21-8-4-5-12(11-21)10-20-14-13(9-17)18-6-7-19-14/h6-7,12H,4-5,8,10-11H2,1-3H3,(H,19,20). The molecule has 0 spiro atoms. The van der Waals surface area contributed by atoms with Gasteiger partial charge in [-0.25, -0.2) is 14.8 Å². The van der Waals surface area contributed by atoms with E-state index in [4.69, 9.17) is 10.00 Å². The molecule has 1 aromatic heterocycles. The second-order valence-corrected chi connectivity index (χ2v) is 6.68. The number of piperidine rings is 1. The maximum absolute atomic E-state index is 12.2. The molecule has 2 heterocycles. The molecule has 7 heteroatoms. The molecule has 1 aliphatic heterocycles. The summed E-state index contributed by atoms with van der Waals surface area (Å²) in [4.78, 5) is 22.0. The van der Waals surface area contributed by atoms with E-state index in [0.717, 1.165) is 19.4 Å². The molecule has 7 nitrogen and oxygen atoms in total. The average Bonchev–Trinajstić information content (AvgIpc) is 2.52. The first-order valence-corrected chi connectivity index (χ1v) is 7.82. The molecule has 2 rings (SSSR count). The van der Waals surface area contributed by atoms with Crippen LogP contribution in [0.2, 0.25) is 0 Å². The largest absolute Gasteiger partial charge is 0.444 e. The van der Waals surface area contributed by atoms with Crippen molar-refractivity contribution < 1.29 is 9.53 Å². The third-order valence-corrected chi connectivity index (χ3v) is 3.53. The van der Waals surface area contributed by atoms with E-state index in [1.807, 2.05) is 26.8 Å². The van der Waals surface area contributed by atoms with E-state index in [-0.39, 0.29) is 11.8 Å². The number of ether oxygens (including phenoxy) is 1. The number of rotatable bonds is 3. The maximum Gasteiger partial charge on any atom is 0.410 e. The van der Waals surface area contributed by atoms with Crippen molar-refractivity contribution in [3.05, 3.63) is 18.1 Å². The fourth-order valence-corrected chi connectivity index (χ4v) is 2.51. The summed E-state index contributed by atoms with van der Waals surface area (Å²) >= 11 is 0. The molecule has 1 aromatic rings. The van der Waals surface area contributed by atoms with Crippen LogP contribution in [0.1, 0.15) is 39.3 Å². The van der Waals surface area contributed by atoms with Crippen molar-refractivity contribution in [1.82, 2.24) is 14.9 Å².